The standard InChI is InChI=1S/C12H25NO2S/c1-4-5-6-9-16(14,15)12-8-7-11(13-3)10(12)2/h10-13H,4-9H2,1-3H3. The van der Waals surface area contributed by atoms with Crippen molar-refractivity contribution in [2.75, 3.05) is 12.8 Å². The average molecular weight is 247 g/mol. The first kappa shape index (κ1) is 14.0. The molecule has 0 bridgehead atoms. The minimum absolute atomic E-state index is 0.109. The average Bonchev–Trinajstić information content (AvgIpc) is 2.60. The SMILES string of the molecule is CCCCCS(=O)(=O)C1CCC(NC)C1C. The molecular weight excluding hydrogens is 222 g/mol. The number of unbranched alkanes of at least 4 members (excludes halogenated alkanes) is 2. The van der Waals surface area contributed by atoms with Gasteiger partial charge in [0.2, 0.25) is 0 Å². The minimum atomic E-state index is -2.86. The first-order valence-corrected chi connectivity index (χ1v) is 8.13. The number of sulfone groups is 1. The van der Waals surface area contributed by atoms with Crippen LogP contribution in [0.5, 0.6) is 0 Å². The lowest BCUT2D eigenvalue weighted by molar-refractivity contribution is 0.453. The van der Waals surface area contributed by atoms with Gasteiger partial charge in [-0.25, -0.2) is 8.42 Å². The molecule has 0 amide bonds. The Morgan fingerprint density at radius 1 is 1.25 bits per heavy atom. The van der Waals surface area contributed by atoms with Gasteiger partial charge in [0.15, 0.2) is 9.84 Å². The third kappa shape index (κ3) is 3.20. The normalized spacial score (nSPS) is 30.8. The fraction of sp³-hybridized carbons (Fsp3) is 1.00. The predicted octanol–water partition coefficient (Wildman–Crippen LogP) is 1.98. The predicted molar refractivity (Wildman–Crippen MR) is 68.3 cm³/mol. The molecule has 0 radical (unpaired) electrons. The maximum absolute atomic E-state index is 12.2. The van der Waals surface area contributed by atoms with Crippen molar-refractivity contribution in [3.63, 3.8) is 0 Å². The van der Waals surface area contributed by atoms with Crippen LogP contribution in [0.4, 0.5) is 0 Å². The Morgan fingerprint density at radius 2 is 1.94 bits per heavy atom. The maximum atomic E-state index is 12.2. The van der Waals surface area contributed by atoms with E-state index in [2.05, 4.69) is 19.2 Å². The van der Waals surface area contributed by atoms with Crippen molar-refractivity contribution in [2.45, 2.75) is 57.2 Å². The van der Waals surface area contributed by atoms with E-state index in [4.69, 9.17) is 0 Å². The summed E-state index contributed by atoms with van der Waals surface area (Å²) in [5, 5.41) is 3.11. The number of hydrogen-bond acceptors (Lipinski definition) is 3. The van der Waals surface area contributed by atoms with E-state index in [1.807, 2.05) is 7.05 Å². The van der Waals surface area contributed by atoms with Crippen molar-refractivity contribution in [1.29, 1.82) is 0 Å². The highest BCUT2D eigenvalue weighted by Gasteiger charge is 2.39. The summed E-state index contributed by atoms with van der Waals surface area (Å²) in [4.78, 5) is 0. The van der Waals surface area contributed by atoms with Crippen LogP contribution in [0.25, 0.3) is 0 Å². The Hall–Kier alpha value is -0.0900. The van der Waals surface area contributed by atoms with Crippen molar-refractivity contribution in [2.24, 2.45) is 5.92 Å². The van der Waals surface area contributed by atoms with Gasteiger partial charge in [-0.05, 0) is 32.2 Å². The van der Waals surface area contributed by atoms with Gasteiger partial charge >= 0.3 is 0 Å². The fourth-order valence-corrected chi connectivity index (χ4v) is 5.00. The molecule has 1 N–H and O–H groups in total. The monoisotopic (exact) mass is 247 g/mol. The van der Waals surface area contributed by atoms with Crippen LogP contribution in [-0.4, -0.2) is 32.5 Å². The third-order valence-corrected chi connectivity index (χ3v) is 6.29. The molecule has 0 saturated heterocycles. The van der Waals surface area contributed by atoms with Gasteiger partial charge in [-0.1, -0.05) is 26.7 Å². The van der Waals surface area contributed by atoms with Gasteiger partial charge in [0.1, 0.15) is 0 Å². The molecule has 1 fully saturated rings. The van der Waals surface area contributed by atoms with E-state index in [9.17, 15) is 8.42 Å². The van der Waals surface area contributed by atoms with Gasteiger partial charge in [0, 0.05) is 6.04 Å². The number of nitrogens with one attached hydrogen (secondary N) is 1. The van der Waals surface area contributed by atoms with Crippen molar-refractivity contribution in [1.82, 2.24) is 5.32 Å². The molecule has 1 saturated carbocycles. The Labute approximate surface area is 99.9 Å². The van der Waals surface area contributed by atoms with Crippen LogP contribution in [0.2, 0.25) is 0 Å². The second-order valence-corrected chi connectivity index (χ2v) is 7.28. The van der Waals surface area contributed by atoms with Crippen LogP contribution in [-0.2, 0) is 9.84 Å². The lowest BCUT2D eigenvalue weighted by Gasteiger charge is -2.20. The number of rotatable bonds is 6. The molecule has 3 atom stereocenters. The molecular formula is C12H25NO2S. The topological polar surface area (TPSA) is 46.2 Å². The second kappa shape index (κ2) is 6.01. The van der Waals surface area contributed by atoms with Crippen LogP contribution in [0.15, 0.2) is 0 Å². The summed E-state index contributed by atoms with van der Waals surface area (Å²) < 4.78 is 24.3. The van der Waals surface area contributed by atoms with Crippen LogP contribution < -0.4 is 5.32 Å². The summed E-state index contributed by atoms with van der Waals surface area (Å²) in [7, 11) is -0.941. The van der Waals surface area contributed by atoms with Crippen LogP contribution in [0.1, 0.15) is 46.0 Å². The Morgan fingerprint density at radius 3 is 2.44 bits per heavy atom. The molecule has 0 aliphatic heterocycles. The molecule has 1 aliphatic carbocycles. The Kier molecular flexibility index (Phi) is 5.25. The van der Waals surface area contributed by atoms with Crippen molar-refractivity contribution in [3.8, 4) is 0 Å². The van der Waals surface area contributed by atoms with Gasteiger partial charge in [-0.2, -0.15) is 0 Å². The zero-order chi connectivity index (χ0) is 12.2. The number of hydrogen-bond donors (Lipinski definition) is 1. The van der Waals surface area contributed by atoms with Crippen molar-refractivity contribution >= 4 is 9.84 Å². The zero-order valence-electron chi connectivity index (χ0n) is 10.7. The summed E-state index contributed by atoms with van der Waals surface area (Å²) in [6.07, 6.45) is 4.76. The highest BCUT2D eigenvalue weighted by molar-refractivity contribution is 7.92. The van der Waals surface area contributed by atoms with E-state index in [0.29, 0.717) is 11.8 Å². The van der Waals surface area contributed by atoms with Crippen molar-refractivity contribution < 1.29 is 8.42 Å². The maximum Gasteiger partial charge on any atom is 0.153 e. The molecule has 0 aromatic heterocycles. The molecule has 3 unspecified atom stereocenters. The van der Waals surface area contributed by atoms with Gasteiger partial charge < -0.3 is 5.32 Å². The smallest absolute Gasteiger partial charge is 0.153 e. The van der Waals surface area contributed by atoms with Gasteiger partial charge in [0.25, 0.3) is 0 Å². The first-order chi connectivity index (χ1) is 7.53. The molecule has 1 rings (SSSR count). The van der Waals surface area contributed by atoms with Crippen LogP contribution in [0.3, 0.4) is 0 Å². The molecule has 3 nitrogen and oxygen atoms in total. The van der Waals surface area contributed by atoms with E-state index >= 15 is 0 Å². The summed E-state index contributed by atoms with van der Waals surface area (Å²) in [5.41, 5.74) is 0. The van der Waals surface area contributed by atoms with Gasteiger partial charge in [-0.15, -0.1) is 0 Å². The second-order valence-electron chi connectivity index (χ2n) is 4.94. The summed E-state index contributed by atoms with van der Waals surface area (Å²) in [5.74, 6) is 0.642. The highest BCUT2D eigenvalue weighted by atomic mass is 32.2. The minimum Gasteiger partial charge on any atom is -0.317 e. The molecule has 16 heavy (non-hydrogen) atoms. The van der Waals surface area contributed by atoms with E-state index in [1.54, 1.807) is 0 Å². The van der Waals surface area contributed by atoms with Gasteiger partial charge in [-0.3, -0.25) is 0 Å². The zero-order valence-corrected chi connectivity index (χ0v) is 11.5. The highest BCUT2D eigenvalue weighted by Crippen LogP contribution is 2.31. The van der Waals surface area contributed by atoms with Crippen LogP contribution >= 0.6 is 0 Å². The summed E-state index contributed by atoms with van der Waals surface area (Å²) in [6.45, 7) is 4.16. The fourth-order valence-electron chi connectivity index (χ4n) is 2.75. The lowest BCUT2D eigenvalue weighted by atomic mass is 10.1. The molecule has 4 heteroatoms. The largest absolute Gasteiger partial charge is 0.317 e. The molecule has 0 aromatic rings. The molecule has 1 aliphatic rings. The first-order valence-electron chi connectivity index (χ1n) is 6.41. The van der Waals surface area contributed by atoms with Crippen molar-refractivity contribution in [3.05, 3.63) is 0 Å². The van der Waals surface area contributed by atoms with Gasteiger partial charge in [0.05, 0.1) is 11.0 Å². The molecule has 0 spiro atoms. The van der Waals surface area contributed by atoms with E-state index in [1.165, 1.54) is 0 Å². The quantitative estimate of drug-likeness (QED) is 0.730. The van der Waals surface area contributed by atoms with E-state index < -0.39 is 9.84 Å². The van der Waals surface area contributed by atoms with E-state index in [-0.39, 0.29) is 11.2 Å². The summed E-state index contributed by atoms with van der Waals surface area (Å²) in [6, 6.07) is 0.381. The Bertz CT molecular complexity index is 300. The third-order valence-electron chi connectivity index (χ3n) is 3.85. The van der Waals surface area contributed by atoms with E-state index in [0.717, 1.165) is 32.1 Å². The molecule has 96 valence electrons. The summed E-state index contributed by atoms with van der Waals surface area (Å²) >= 11 is 0. The molecule has 0 heterocycles. The Balaban J connectivity index is 2.56. The molecule has 0 aromatic carbocycles. The lowest BCUT2D eigenvalue weighted by Crippen LogP contribution is -2.35. The van der Waals surface area contributed by atoms with Crippen LogP contribution in [0, 0.1) is 5.92 Å².